The number of pyridine rings is 1. The molecule has 0 amide bonds. The van der Waals surface area contributed by atoms with Gasteiger partial charge < -0.3 is 14.4 Å². The van der Waals surface area contributed by atoms with Crippen LogP contribution in [0.4, 0.5) is 0 Å². The fraction of sp³-hybridized carbons (Fsp3) is 0.333. The third-order valence-corrected chi connectivity index (χ3v) is 1.83. The summed E-state index contributed by atoms with van der Waals surface area (Å²) < 4.78 is 6.24. The Balaban J connectivity index is 3.17. The molecule has 0 aliphatic carbocycles. The predicted octanol–water partition coefficient (Wildman–Crippen LogP) is 0.250. The van der Waals surface area contributed by atoms with Crippen molar-refractivity contribution >= 4 is 5.97 Å². The van der Waals surface area contributed by atoms with Gasteiger partial charge in [0.1, 0.15) is 6.54 Å². The Morgan fingerprint density at radius 2 is 2.29 bits per heavy atom. The second-order valence-corrected chi connectivity index (χ2v) is 2.87. The number of methoxy groups -OCH3 is 1. The van der Waals surface area contributed by atoms with Gasteiger partial charge in [-0.1, -0.05) is 0 Å². The van der Waals surface area contributed by atoms with E-state index >= 15 is 0 Å². The number of hydrogen-bond acceptors (Lipinski definition) is 3. The molecule has 5 nitrogen and oxygen atoms in total. The van der Waals surface area contributed by atoms with Gasteiger partial charge in [-0.15, -0.1) is 0 Å². The molecule has 0 atom stereocenters. The number of hydrogen-bond donors (Lipinski definition) is 1. The van der Waals surface area contributed by atoms with E-state index in [9.17, 15) is 9.59 Å². The summed E-state index contributed by atoms with van der Waals surface area (Å²) in [6, 6.07) is 1.35. The number of aliphatic carboxylic acids is 1. The lowest BCUT2D eigenvalue weighted by Crippen LogP contribution is -2.16. The number of carbonyl (C=O) groups is 1. The standard InChI is InChI=1S/C9H11NO4/c1-6-3-7(11)8(14-2)4-10(6)5-9(12)13/h3-4H,5H2,1-2H3,(H,12,13). The van der Waals surface area contributed by atoms with Gasteiger partial charge in [0.15, 0.2) is 5.75 Å². The summed E-state index contributed by atoms with van der Waals surface area (Å²) in [4.78, 5) is 21.7. The first-order valence-corrected chi connectivity index (χ1v) is 4.01. The Kier molecular flexibility index (Phi) is 2.91. The van der Waals surface area contributed by atoms with Gasteiger partial charge in [-0.3, -0.25) is 9.59 Å². The summed E-state index contributed by atoms with van der Waals surface area (Å²) in [6.07, 6.45) is 1.39. The average Bonchev–Trinajstić information content (AvgIpc) is 2.09. The molecule has 0 saturated heterocycles. The Morgan fingerprint density at radius 3 is 2.79 bits per heavy atom. The van der Waals surface area contributed by atoms with Gasteiger partial charge in [-0.25, -0.2) is 0 Å². The van der Waals surface area contributed by atoms with Crippen LogP contribution in [0.15, 0.2) is 17.1 Å². The Morgan fingerprint density at radius 1 is 1.64 bits per heavy atom. The van der Waals surface area contributed by atoms with Crippen molar-refractivity contribution in [1.82, 2.24) is 4.57 Å². The smallest absolute Gasteiger partial charge is 0.323 e. The zero-order valence-electron chi connectivity index (χ0n) is 7.98. The van der Waals surface area contributed by atoms with E-state index in [1.54, 1.807) is 6.92 Å². The van der Waals surface area contributed by atoms with E-state index in [1.807, 2.05) is 0 Å². The fourth-order valence-electron chi connectivity index (χ4n) is 1.12. The maximum atomic E-state index is 11.2. The molecule has 0 aromatic carbocycles. The van der Waals surface area contributed by atoms with Gasteiger partial charge in [0.05, 0.1) is 13.3 Å². The number of rotatable bonds is 3. The molecule has 0 spiro atoms. The minimum atomic E-state index is -0.959. The molecule has 0 fully saturated rings. The molecule has 0 bridgehead atoms. The van der Waals surface area contributed by atoms with E-state index in [0.717, 1.165) is 0 Å². The molecule has 76 valence electrons. The van der Waals surface area contributed by atoms with Crippen LogP contribution in [-0.2, 0) is 11.3 Å². The van der Waals surface area contributed by atoms with Crippen molar-refractivity contribution < 1.29 is 14.6 Å². The fourth-order valence-corrected chi connectivity index (χ4v) is 1.12. The molecule has 1 rings (SSSR count). The molecule has 1 aromatic heterocycles. The van der Waals surface area contributed by atoms with Crippen molar-refractivity contribution in [3.05, 3.63) is 28.2 Å². The van der Waals surface area contributed by atoms with Crippen molar-refractivity contribution in [3.8, 4) is 5.75 Å². The number of aromatic nitrogens is 1. The molecule has 1 N–H and O–H groups in total. The van der Waals surface area contributed by atoms with Gasteiger partial charge in [-0.05, 0) is 6.92 Å². The molecule has 14 heavy (non-hydrogen) atoms. The van der Waals surface area contributed by atoms with Gasteiger partial charge >= 0.3 is 5.97 Å². The van der Waals surface area contributed by atoms with E-state index in [1.165, 1.54) is 23.9 Å². The van der Waals surface area contributed by atoms with E-state index in [2.05, 4.69) is 0 Å². The number of aryl methyl sites for hydroxylation is 1. The normalized spacial score (nSPS) is 9.86. The van der Waals surface area contributed by atoms with Crippen LogP contribution >= 0.6 is 0 Å². The molecule has 1 aromatic rings. The monoisotopic (exact) mass is 197 g/mol. The van der Waals surface area contributed by atoms with Gasteiger partial charge in [0.25, 0.3) is 0 Å². The average molecular weight is 197 g/mol. The van der Waals surface area contributed by atoms with Crippen molar-refractivity contribution in [2.75, 3.05) is 7.11 Å². The number of nitrogens with zero attached hydrogens (tertiary/aromatic N) is 1. The van der Waals surface area contributed by atoms with Crippen LogP contribution in [0.1, 0.15) is 5.69 Å². The van der Waals surface area contributed by atoms with Gasteiger partial charge in [0.2, 0.25) is 5.43 Å². The summed E-state index contributed by atoms with van der Waals surface area (Å²) in [5.41, 5.74) is 0.352. The third-order valence-electron chi connectivity index (χ3n) is 1.83. The molecule has 0 radical (unpaired) electrons. The third kappa shape index (κ3) is 2.12. The number of ether oxygens (including phenoxy) is 1. The Hall–Kier alpha value is -1.78. The van der Waals surface area contributed by atoms with Crippen LogP contribution in [-0.4, -0.2) is 22.8 Å². The number of carboxylic acid groups (broad SMARTS) is 1. The maximum Gasteiger partial charge on any atom is 0.323 e. The minimum Gasteiger partial charge on any atom is -0.491 e. The maximum absolute atomic E-state index is 11.2. The van der Waals surface area contributed by atoms with Crippen molar-refractivity contribution in [3.63, 3.8) is 0 Å². The molecular formula is C9H11NO4. The summed E-state index contributed by atoms with van der Waals surface area (Å²) in [5.74, 6) is -0.810. The van der Waals surface area contributed by atoms with Crippen LogP contribution in [0.25, 0.3) is 0 Å². The summed E-state index contributed by atoms with van der Waals surface area (Å²) in [7, 11) is 1.37. The molecule has 0 aliphatic heterocycles. The highest BCUT2D eigenvalue weighted by Crippen LogP contribution is 2.05. The molecule has 0 saturated carbocycles. The van der Waals surface area contributed by atoms with Crippen LogP contribution in [0.5, 0.6) is 5.75 Å². The van der Waals surface area contributed by atoms with E-state index in [0.29, 0.717) is 5.69 Å². The summed E-state index contributed by atoms with van der Waals surface area (Å²) in [5, 5.41) is 8.58. The predicted molar refractivity (Wildman–Crippen MR) is 49.6 cm³/mol. The second-order valence-electron chi connectivity index (χ2n) is 2.87. The lowest BCUT2D eigenvalue weighted by atomic mass is 10.3. The summed E-state index contributed by atoms with van der Waals surface area (Å²) in [6.45, 7) is 1.49. The van der Waals surface area contributed by atoms with Gasteiger partial charge in [-0.2, -0.15) is 0 Å². The zero-order chi connectivity index (χ0) is 10.7. The Bertz CT molecular complexity index is 408. The molecule has 0 unspecified atom stereocenters. The van der Waals surface area contributed by atoms with Crippen molar-refractivity contribution in [2.24, 2.45) is 0 Å². The summed E-state index contributed by atoms with van der Waals surface area (Å²) >= 11 is 0. The van der Waals surface area contributed by atoms with E-state index in [-0.39, 0.29) is 17.7 Å². The van der Waals surface area contributed by atoms with Gasteiger partial charge in [0, 0.05) is 11.8 Å². The van der Waals surface area contributed by atoms with E-state index < -0.39 is 5.97 Å². The molecule has 0 aliphatic rings. The highest BCUT2D eigenvalue weighted by atomic mass is 16.5. The topological polar surface area (TPSA) is 68.5 Å². The van der Waals surface area contributed by atoms with Crippen LogP contribution in [0.3, 0.4) is 0 Å². The second kappa shape index (κ2) is 3.95. The SMILES string of the molecule is COc1cn(CC(=O)O)c(C)cc1=O. The Labute approximate surface area is 80.6 Å². The van der Waals surface area contributed by atoms with Crippen LogP contribution in [0, 0.1) is 6.92 Å². The highest BCUT2D eigenvalue weighted by Gasteiger charge is 2.06. The van der Waals surface area contributed by atoms with Crippen molar-refractivity contribution in [1.29, 1.82) is 0 Å². The van der Waals surface area contributed by atoms with Crippen LogP contribution < -0.4 is 10.2 Å². The molecule has 5 heteroatoms. The van der Waals surface area contributed by atoms with Crippen molar-refractivity contribution in [2.45, 2.75) is 13.5 Å². The van der Waals surface area contributed by atoms with Crippen LogP contribution in [0.2, 0.25) is 0 Å². The first-order valence-electron chi connectivity index (χ1n) is 4.01. The minimum absolute atomic E-state index is 0.150. The first kappa shape index (κ1) is 10.3. The molecule has 1 heterocycles. The molecular weight excluding hydrogens is 186 g/mol. The largest absolute Gasteiger partial charge is 0.491 e. The number of carboxylic acids is 1. The lowest BCUT2D eigenvalue weighted by molar-refractivity contribution is -0.137. The first-order chi connectivity index (χ1) is 6.54. The quantitative estimate of drug-likeness (QED) is 0.754. The van der Waals surface area contributed by atoms with E-state index in [4.69, 9.17) is 9.84 Å². The highest BCUT2D eigenvalue weighted by molar-refractivity contribution is 5.66. The lowest BCUT2D eigenvalue weighted by Gasteiger charge is -2.08. The zero-order valence-corrected chi connectivity index (χ0v) is 7.98.